The normalized spacial score (nSPS) is 16.2. The zero-order valence-electron chi connectivity index (χ0n) is 12.7. The highest BCUT2D eigenvalue weighted by atomic mass is 35.5. The Balaban J connectivity index is 2.20. The fourth-order valence-electron chi connectivity index (χ4n) is 2.52. The van der Waals surface area contributed by atoms with Gasteiger partial charge >= 0.3 is 0 Å². The molecule has 0 saturated carbocycles. The molecule has 0 radical (unpaired) electrons. The van der Waals surface area contributed by atoms with E-state index in [2.05, 4.69) is 0 Å². The molecule has 2 N–H and O–H groups in total. The van der Waals surface area contributed by atoms with E-state index in [1.165, 1.54) is 0 Å². The summed E-state index contributed by atoms with van der Waals surface area (Å²) in [5.74, 6) is 0.462. The molecule has 4 nitrogen and oxygen atoms in total. The van der Waals surface area contributed by atoms with Crippen LogP contribution < -0.4 is 15.4 Å². The van der Waals surface area contributed by atoms with Crippen LogP contribution in [0.4, 0.5) is 17.1 Å². The first-order chi connectivity index (χ1) is 10.3. The molecular formula is C17H17ClN2O2. The topological polar surface area (TPSA) is 55.6 Å². The second-order valence-electron chi connectivity index (χ2n) is 5.91. The van der Waals surface area contributed by atoms with Crippen LogP contribution in [-0.4, -0.2) is 11.5 Å². The summed E-state index contributed by atoms with van der Waals surface area (Å²) in [5.41, 5.74) is 7.81. The molecule has 2 aromatic rings. The summed E-state index contributed by atoms with van der Waals surface area (Å²) in [6, 6.07) is 10.8. The Labute approximate surface area is 134 Å². The quantitative estimate of drug-likeness (QED) is 0.807. The van der Waals surface area contributed by atoms with E-state index >= 15 is 0 Å². The Kier molecular flexibility index (Phi) is 3.29. The molecule has 0 aliphatic carbocycles. The summed E-state index contributed by atoms with van der Waals surface area (Å²) in [6.45, 7) is 5.40. The van der Waals surface area contributed by atoms with Gasteiger partial charge in [0, 0.05) is 22.5 Å². The number of hydrogen-bond acceptors (Lipinski definition) is 3. The van der Waals surface area contributed by atoms with Gasteiger partial charge in [0.25, 0.3) is 5.91 Å². The lowest BCUT2D eigenvalue weighted by Crippen LogP contribution is -2.50. The van der Waals surface area contributed by atoms with E-state index in [0.717, 1.165) is 11.3 Å². The molecule has 1 heterocycles. The largest absolute Gasteiger partial charge is 0.476 e. The van der Waals surface area contributed by atoms with Gasteiger partial charge < -0.3 is 10.5 Å². The maximum Gasteiger partial charge on any atom is 0.275 e. The summed E-state index contributed by atoms with van der Waals surface area (Å²) < 4.78 is 5.82. The molecule has 1 aliphatic rings. The highest BCUT2D eigenvalue weighted by Crippen LogP contribution is 2.43. The number of nitrogens with two attached hydrogens (primary N) is 1. The van der Waals surface area contributed by atoms with Crippen molar-refractivity contribution in [3.63, 3.8) is 0 Å². The number of ether oxygens (including phenoxy) is 1. The molecule has 114 valence electrons. The molecule has 0 atom stereocenters. The molecule has 1 amide bonds. The van der Waals surface area contributed by atoms with Crippen molar-refractivity contribution in [1.82, 2.24) is 0 Å². The van der Waals surface area contributed by atoms with Gasteiger partial charge in [0.15, 0.2) is 5.60 Å². The number of carbonyl (C=O) groups excluding carboxylic acids is 1. The van der Waals surface area contributed by atoms with Gasteiger partial charge in [-0.1, -0.05) is 11.6 Å². The zero-order valence-corrected chi connectivity index (χ0v) is 13.4. The number of carbonyl (C=O) groups is 1. The number of halogens is 1. The summed E-state index contributed by atoms with van der Waals surface area (Å²) in [4.78, 5) is 14.5. The molecule has 22 heavy (non-hydrogen) atoms. The lowest BCUT2D eigenvalue weighted by atomic mass is 10.0. The fourth-order valence-corrected chi connectivity index (χ4v) is 2.64. The molecule has 0 bridgehead atoms. The van der Waals surface area contributed by atoms with Gasteiger partial charge in [-0.15, -0.1) is 0 Å². The monoisotopic (exact) mass is 316 g/mol. The number of benzene rings is 2. The van der Waals surface area contributed by atoms with Crippen molar-refractivity contribution in [1.29, 1.82) is 0 Å². The SMILES string of the molecule is Cc1cc(N2C(=O)C(C)(C)Oc3cc(N)ccc32)ccc1Cl. The lowest BCUT2D eigenvalue weighted by Gasteiger charge is -2.39. The van der Waals surface area contributed by atoms with Gasteiger partial charge in [-0.25, -0.2) is 0 Å². The van der Waals surface area contributed by atoms with Crippen LogP contribution in [0, 0.1) is 6.92 Å². The first-order valence-corrected chi connectivity index (χ1v) is 7.36. The molecule has 0 aromatic heterocycles. The molecule has 1 aliphatic heterocycles. The van der Waals surface area contributed by atoms with Gasteiger partial charge in [0.2, 0.25) is 0 Å². The Bertz CT molecular complexity index is 771. The molecule has 2 aromatic carbocycles. The van der Waals surface area contributed by atoms with Crippen LogP contribution in [0.5, 0.6) is 5.75 Å². The predicted molar refractivity (Wildman–Crippen MR) is 88.9 cm³/mol. The van der Waals surface area contributed by atoms with Crippen molar-refractivity contribution in [3.8, 4) is 5.75 Å². The molecular weight excluding hydrogens is 300 g/mol. The number of hydrogen-bond donors (Lipinski definition) is 1. The second-order valence-corrected chi connectivity index (χ2v) is 6.32. The van der Waals surface area contributed by atoms with Crippen molar-refractivity contribution in [2.24, 2.45) is 0 Å². The van der Waals surface area contributed by atoms with Gasteiger partial charge in [-0.2, -0.15) is 0 Å². The van der Waals surface area contributed by atoms with Crippen molar-refractivity contribution in [2.45, 2.75) is 26.4 Å². The van der Waals surface area contributed by atoms with E-state index < -0.39 is 5.60 Å². The van der Waals surface area contributed by atoms with Crippen LogP contribution in [0.2, 0.25) is 5.02 Å². The molecule has 0 fully saturated rings. The summed E-state index contributed by atoms with van der Waals surface area (Å²) in [5, 5.41) is 0.668. The minimum Gasteiger partial charge on any atom is -0.476 e. The smallest absolute Gasteiger partial charge is 0.275 e. The third-order valence-electron chi connectivity index (χ3n) is 3.71. The first-order valence-electron chi connectivity index (χ1n) is 6.99. The van der Waals surface area contributed by atoms with Crippen LogP contribution in [0.1, 0.15) is 19.4 Å². The van der Waals surface area contributed by atoms with Gasteiger partial charge in [0.05, 0.1) is 5.69 Å². The van der Waals surface area contributed by atoms with E-state index in [-0.39, 0.29) is 5.91 Å². The van der Waals surface area contributed by atoms with Crippen LogP contribution >= 0.6 is 11.6 Å². The van der Waals surface area contributed by atoms with Crippen molar-refractivity contribution in [3.05, 3.63) is 47.0 Å². The number of nitrogens with zero attached hydrogens (tertiary/aromatic N) is 1. The summed E-state index contributed by atoms with van der Waals surface area (Å²) in [7, 11) is 0. The maximum atomic E-state index is 12.8. The van der Waals surface area contributed by atoms with Crippen LogP contribution in [-0.2, 0) is 4.79 Å². The summed E-state index contributed by atoms with van der Waals surface area (Å²) >= 11 is 6.09. The first kappa shape index (κ1) is 14.7. The van der Waals surface area contributed by atoms with Crippen molar-refractivity contribution < 1.29 is 9.53 Å². The summed E-state index contributed by atoms with van der Waals surface area (Å²) in [6.07, 6.45) is 0. The Morgan fingerprint density at radius 2 is 1.91 bits per heavy atom. The minimum atomic E-state index is -0.964. The molecule has 0 saturated heterocycles. The number of amides is 1. The highest BCUT2D eigenvalue weighted by Gasteiger charge is 2.41. The molecule has 0 spiro atoms. The molecule has 3 rings (SSSR count). The van der Waals surface area contributed by atoms with Gasteiger partial charge in [0.1, 0.15) is 5.75 Å². The van der Waals surface area contributed by atoms with E-state index in [9.17, 15) is 4.79 Å². The lowest BCUT2D eigenvalue weighted by molar-refractivity contribution is -0.131. The number of fused-ring (bicyclic) bond motifs is 1. The Morgan fingerprint density at radius 3 is 2.59 bits per heavy atom. The highest BCUT2D eigenvalue weighted by molar-refractivity contribution is 6.31. The van der Waals surface area contributed by atoms with E-state index in [1.54, 1.807) is 43.0 Å². The average molecular weight is 317 g/mol. The van der Waals surface area contributed by atoms with E-state index in [0.29, 0.717) is 22.1 Å². The second kappa shape index (κ2) is 4.92. The Hall–Kier alpha value is -2.20. The van der Waals surface area contributed by atoms with Crippen molar-refractivity contribution in [2.75, 3.05) is 10.6 Å². The number of anilines is 3. The van der Waals surface area contributed by atoms with E-state index in [4.69, 9.17) is 22.1 Å². The van der Waals surface area contributed by atoms with Crippen LogP contribution in [0.25, 0.3) is 0 Å². The van der Waals surface area contributed by atoms with E-state index in [1.807, 2.05) is 19.1 Å². The minimum absolute atomic E-state index is 0.133. The average Bonchev–Trinajstić information content (AvgIpc) is 2.43. The number of aryl methyl sites for hydroxylation is 1. The standard InChI is InChI=1S/C17H17ClN2O2/c1-10-8-12(5-6-13(10)18)20-14-7-4-11(19)9-15(14)22-17(2,3)16(20)21/h4-9H,19H2,1-3H3. The molecule has 0 unspecified atom stereocenters. The zero-order chi connectivity index (χ0) is 16.1. The number of nitrogen functional groups attached to an aromatic ring is 1. The fraction of sp³-hybridized carbons (Fsp3) is 0.235. The maximum absolute atomic E-state index is 12.8. The van der Waals surface area contributed by atoms with Crippen LogP contribution in [0.15, 0.2) is 36.4 Å². The van der Waals surface area contributed by atoms with Crippen molar-refractivity contribution >= 4 is 34.6 Å². The third-order valence-corrected chi connectivity index (χ3v) is 4.13. The molecule has 5 heteroatoms. The van der Waals surface area contributed by atoms with Crippen LogP contribution in [0.3, 0.4) is 0 Å². The van der Waals surface area contributed by atoms with Gasteiger partial charge in [-0.05, 0) is 56.7 Å². The predicted octanol–water partition coefficient (Wildman–Crippen LogP) is 4.07. The number of rotatable bonds is 1. The Morgan fingerprint density at radius 1 is 1.18 bits per heavy atom. The third kappa shape index (κ3) is 2.29. The van der Waals surface area contributed by atoms with Gasteiger partial charge in [-0.3, -0.25) is 9.69 Å².